The molecule has 8 heteroatoms. The van der Waals surface area contributed by atoms with Crippen molar-refractivity contribution < 1.29 is 0 Å². The van der Waals surface area contributed by atoms with E-state index in [2.05, 4.69) is 374 Å². The van der Waals surface area contributed by atoms with Crippen LogP contribution in [0.5, 0.6) is 0 Å². The van der Waals surface area contributed by atoms with E-state index in [0.29, 0.717) is 0 Å². The highest BCUT2D eigenvalue weighted by Gasteiger charge is 2.55. The van der Waals surface area contributed by atoms with Crippen LogP contribution in [-0.4, -0.2) is 36.1 Å². The van der Waals surface area contributed by atoms with Crippen molar-refractivity contribution in [3.8, 4) is 22.3 Å². The molecule has 6 nitrogen and oxygen atoms in total. The molecule has 0 radical (unpaired) electrons. The van der Waals surface area contributed by atoms with Crippen molar-refractivity contribution in [1.29, 1.82) is 0 Å². The Labute approximate surface area is 605 Å². The lowest BCUT2D eigenvalue weighted by Gasteiger charge is -2.47. The van der Waals surface area contributed by atoms with Crippen molar-refractivity contribution in [3.05, 3.63) is 434 Å². The lowest BCUT2D eigenvalue weighted by molar-refractivity contribution is 0.723. The molecule has 0 bridgehead atoms. The number of fused-ring (bicyclic) bond motifs is 12. The molecule has 0 aliphatic carbocycles. The number of pyridine rings is 4. The summed E-state index contributed by atoms with van der Waals surface area (Å²) in [6, 6.07) is 129. The quantitative estimate of drug-likeness (QED) is 0.100. The molecular formula is C96H64N6Si2. The minimum atomic E-state index is -2.99. The maximum absolute atomic E-state index is 4.92. The lowest BCUT2D eigenvalue weighted by atomic mass is 9.62. The van der Waals surface area contributed by atoms with Crippen molar-refractivity contribution in [3.63, 3.8) is 0 Å². The Bertz CT molecular complexity index is 5700. The second-order valence-corrected chi connectivity index (χ2v) is 35.4. The maximum Gasteiger partial charge on any atom is 0.180 e. The molecule has 13 aromatic carbocycles. The van der Waals surface area contributed by atoms with Gasteiger partial charge in [0.2, 0.25) is 0 Å². The Hall–Kier alpha value is -13.0. The van der Waals surface area contributed by atoms with Crippen LogP contribution in [0.3, 0.4) is 0 Å². The van der Waals surface area contributed by atoms with Crippen LogP contribution < -0.4 is 51.3 Å². The third kappa shape index (κ3) is 8.26. The Morgan fingerprint density at radius 2 is 0.548 bits per heavy atom. The zero-order valence-electron chi connectivity index (χ0n) is 56.6. The van der Waals surface area contributed by atoms with E-state index in [4.69, 9.17) is 19.9 Å². The van der Waals surface area contributed by atoms with Gasteiger partial charge in [-0.2, -0.15) is 0 Å². The van der Waals surface area contributed by atoms with Crippen molar-refractivity contribution >= 4 is 113 Å². The van der Waals surface area contributed by atoms with Crippen molar-refractivity contribution in [2.75, 3.05) is 9.80 Å². The summed E-state index contributed by atoms with van der Waals surface area (Å²) >= 11 is 0. The lowest BCUT2D eigenvalue weighted by Crippen LogP contribution is -2.72. The fraction of sp³-hybridized carbons (Fsp3) is 0.0208. The number of rotatable bonds is 10. The second-order valence-electron chi connectivity index (χ2n) is 28.0. The van der Waals surface area contributed by atoms with Gasteiger partial charge in [-0.3, -0.25) is 19.9 Å². The summed E-state index contributed by atoms with van der Waals surface area (Å²) in [4.78, 5) is 24.8. The topological polar surface area (TPSA) is 58.0 Å². The van der Waals surface area contributed by atoms with Crippen LogP contribution in [0.2, 0.25) is 0 Å². The highest BCUT2D eigenvalue weighted by atomic mass is 28.3. The minimum absolute atomic E-state index is 0.819. The molecule has 4 aliphatic heterocycles. The predicted octanol–water partition coefficient (Wildman–Crippen LogP) is 16.6. The first-order valence-electron chi connectivity index (χ1n) is 35.8. The normalized spacial score (nSPS) is 14.8. The smallest absolute Gasteiger partial charge is 0.180 e. The van der Waals surface area contributed by atoms with Gasteiger partial charge in [0.25, 0.3) is 0 Å². The molecule has 104 heavy (non-hydrogen) atoms. The van der Waals surface area contributed by atoms with Crippen molar-refractivity contribution in [1.82, 2.24) is 19.9 Å². The molecule has 0 unspecified atom stereocenters. The van der Waals surface area contributed by atoms with E-state index in [1.165, 1.54) is 74.9 Å². The number of hydrogen-bond donors (Lipinski definition) is 0. The van der Waals surface area contributed by atoms with E-state index in [9.17, 15) is 0 Å². The Balaban J connectivity index is 0.786. The SMILES string of the molecule is c1ccc([Si]2(c3ccccc3)c3ccccc3-c3cc4c(cc32)N(c2ccc3cc5cc(N6c7ccccc7C(c7cccnc7)(c7cccnc7)c7cc8c(cc76)[Si](c6ccccc6)(c6ccccc6)c6ccccc6-8)ccc5cc3c2)c2ccccc2C4(c2cccnc2)c2cccnc2)cc1. The van der Waals surface area contributed by atoms with Gasteiger partial charge in [0.1, 0.15) is 0 Å². The molecule has 0 atom stereocenters. The Morgan fingerprint density at radius 1 is 0.221 bits per heavy atom. The predicted molar refractivity (Wildman–Crippen MR) is 431 cm³/mol. The van der Waals surface area contributed by atoms with Gasteiger partial charge in [0, 0.05) is 60.9 Å². The molecule has 486 valence electrons. The van der Waals surface area contributed by atoms with E-state index in [1.807, 2.05) is 24.8 Å². The van der Waals surface area contributed by atoms with E-state index >= 15 is 0 Å². The zero-order valence-corrected chi connectivity index (χ0v) is 58.6. The van der Waals surface area contributed by atoms with Gasteiger partial charge in [-0.05, 0) is 227 Å². The first kappa shape index (κ1) is 59.8. The number of hydrogen-bond acceptors (Lipinski definition) is 6. The molecule has 0 N–H and O–H groups in total. The average molecular weight is 1360 g/mol. The van der Waals surface area contributed by atoms with Gasteiger partial charge in [0.15, 0.2) is 16.1 Å². The Morgan fingerprint density at radius 3 is 0.894 bits per heavy atom. The average Bonchev–Trinajstić information content (AvgIpc) is 1.57. The van der Waals surface area contributed by atoms with Gasteiger partial charge in [-0.1, -0.05) is 243 Å². The molecule has 8 heterocycles. The number of para-hydroxylation sites is 2. The molecule has 21 rings (SSSR count). The minimum Gasteiger partial charge on any atom is -0.310 e. The van der Waals surface area contributed by atoms with Crippen molar-refractivity contribution in [2.24, 2.45) is 0 Å². The summed E-state index contributed by atoms with van der Waals surface area (Å²) in [6.45, 7) is 0. The fourth-order valence-electron chi connectivity index (χ4n) is 19.2. The summed E-state index contributed by atoms with van der Waals surface area (Å²) in [5, 5.41) is 15.5. The number of anilines is 6. The summed E-state index contributed by atoms with van der Waals surface area (Å²) in [5.74, 6) is 0. The van der Waals surface area contributed by atoms with Crippen LogP contribution in [0.25, 0.3) is 43.8 Å². The first-order valence-corrected chi connectivity index (χ1v) is 39.8. The molecular weight excluding hydrogens is 1290 g/mol. The van der Waals surface area contributed by atoms with Crippen LogP contribution in [-0.2, 0) is 10.8 Å². The first-order chi connectivity index (χ1) is 51.6. The van der Waals surface area contributed by atoms with Gasteiger partial charge >= 0.3 is 0 Å². The van der Waals surface area contributed by atoms with Crippen molar-refractivity contribution in [2.45, 2.75) is 10.8 Å². The largest absolute Gasteiger partial charge is 0.310 e. The third-order valence-corrected chi connectivity index (χ3v) is 32.9. The van der Waals surface area contributed by atoms with Gasteiger partial charge in [0.05, 0.1) is 33.6 Å². The van der Waals surface area contributed by atoms with Crippen LogP contribution in [0.1, 0.15) is 44.5 Å². The number of nitrogens with zero attached hydrogens (tertiary/aromatic N) is 6. The fourth-order valence-corrected chi connectivity index (χ4v) is 29.5. The van der Waals surface area contributed by atoms with E-state index in [-0.39, 0.29) is 0 Å². The summed E-state index contributed by atoms with van der Waals surface area (Å²) in [7, 11) is -5.99. The highest BCUT2D eigenvalue weighted by Crippen LogP contribution is 2.61. The molecule has 0 amide bonds. The van der Waals surface area contributed by atoms with E-state index in [0.717, 1.165) is 89.0 Å². The standard InChI is InChI=1S/C96H64N6Si2/c1-5-29-75(30-6-1)103(76-31-7-2-8-32-76)91-43-19-13-37-79(91)81-57-85-89(59-93(81)103)101(87-41-17-15-39-83(87)95(85,69-25-21-49-97-61-69)70-26-22-50-98-62-70)73-47-45-65-54-68-56-74(48-46-66(68)53-67(65)55-73)102-88-42-18-16-40-84(88)96(71-27-23-51-99-63-71,72-28-24-52-100-64-72)86-58-82-80-38-14-20-44-92(80)104(94(82)60-90(86)102,77-33-9-3-10-34-77)78-35-11-4-12-36-78/h1-64H. The molecule has 4 aromatic heterocycles. The van der Waals surface area contributed by atoms with Gasteiger partial charge in [-0.15, -0.1) is 0 Å². The Kier molecular flexibility index (Phi) is 13.4. The third-order valence-electron chi connectivity index (χ3n) is 23.2. The van der Waals surface area contributed by atoms with Crippen LogP contribution >= 0.6 is 0 Å². The molecule has 0 saturated carbocycles. The van der Waals surface area contributed by atoms with Gasteiger partial charge < -0.3 is 9.80 Å². The van der Waals surface area contributed by atoms with E-state index in [1.54, 1.807) is 0 Å². The molecule has 0 spiro atoms. The number of benzene rings is 13. The summed E-state index contributed by atoms with van der Waals surface area (Å²) < 4.78 is 0. The highest BCUT2D eigenvalue weighted by molar-refractivity contribution is 7.23. The molecule has 17 aromatic rings. The second kappa shape index (κ2) is 23.3. The monoisotopic (exact) mass is 1360 g/mol. The molecule has 0 fully saturated rings. The van der Waals surface area contributed by atoms with Crippen LogP contribution in [0, 0.1) is 0 Å². The van der Waals surface area contributed by atoms with Gasteiger partial charge in [-0.25, -0.2) is 0 Å². The maximum atomic E-state index is 4.92. The van der Waals surface area contributed by atoms with E-state index < -0.39 is 27.0 Å². The summed E-state index contributed by atoms with van der Waals surface area (Å²) in [6.07, 6.45) is 15.8. The van der Waals surface area contributed by atoms with Crippen LogP contribution in [0.15, 0.2) is 389 Å². The zero-order chi connectivity index (χ0) is 68.6. The summed E-state index contributed by atoms with van der Waals surface area (Å²) in [5.41, 5.74) is 19.0. The number of aromatic nitrogens is 4. The molecule has 0 saturated heterocycles. The molecule has 4 aliphatic rings. The van der Waals surface area contributed by atoms with Crippen LogP contribution in [0.4, 0.5) is 34.1 Å².